The highest BCUT2D eigenvalue weighted by Crippen LogP contribution is 2.31. The molecule has 0 atom stereocenters. The molecular formula is C40H40Cl2N6O2. The van der Waals surface area contributed by atoms with Gasteiger partial charge in [-0.3, -0.25) is 19.6 Å². The van der Waals surface area contributed by atoms with E-state index in [4.69, 9.17) is 33.2 Å². The third kappa shape index (κ3) is 7.69. The summed E-state index contributed by atoms with van der Waals surface area (Å²) in [5, 5.41) is 1.25. The number of rotatable bonds is 10. The van der Waals surface area contributed by atoms with Crippen LogP contribution in [0, 0.1) is 0 Å². The molecule has 0 N–H and O–H groups in total. The van der Waals surface area contributed by atoms with Gasteiger partial charge in [-0.1, -0.05) is 83.9 Å². The molecule has 4 aromatic carbocycles. The van der Waals surface area contributed by atoms with Crippen LogP contribution in [0.3, 0.4) is 0 Å². The molecule has 0 radical (unpaired) electrons. The molecule has 3 aliphatic rings. The van der Waals surface area contributed by atoms with Crippen LogP contribution in [-0.4, -0.2) is 98.5 Å². The molecule has 3 heterocycles. The van der Waals surface area contributed by atoms with Crippen molar-refractivity contribution in [2.45, 2.75) is 12.8 Å². The summed E-state index contributed by atoms with van der Waals surface area (Å²) in [6.07, 6.45) is 1.73. The molecule has 0 aromatic heterocycles. The fourth-order valence-electron chi connectivity index (χ4n) is 7.09. The summed E-state index contributed by atoms with van der Waals surface area (Å²) in [5.41, 5.74) is 7.05. The first-order valence-corrected chi connectivity index (χ1v) is 18.1. The van der Waals surface area contributed by atoms with Gasteiger partial charge >= 0.3 is 0 Å². The van der Waals surface area contributed by atoms with Crippen molar-refractivity contribution in [2.75, 3.05) is 75.2 Å². The molecule has 0 spiro atoms. The summed E-state index contributed by atoms with van der Waals surface area (Å²) in [7, 11) is 0. The van der Waals surface area contributed by atoms with Gasteiger partial charge in [0.2, 0.25) is 11.8 Å². The molecule has 0 saturated carbocycles. The summed E-state index contributed by atoms with van der Waals surface area (Å²) >= 11 is 12.8. The number of benzene rings is 4. The molecule has 1 fully saturated rings. The Morgan fingerprint density at radius 3 is 1.32 bits per heavy atom. The largest absolute Gasteiger partial charge is 0.310 e. The first-order chi connectivity index (χ1) is 24.4. The van der Waals surface area contributed by atoms with Crippen LogP contribution in [0.5, 0.6) is 0 Å². The fourth-order valence-corrected chi connectivity index (χ4v) is 7.43. The van der Waals surface area contributed by atoms with Crippen molar-refractivity contribution in [1.82, 2.24) is 9.80 Å². The molecule has 8 nitrogen and oxygen atoms in total. The number of fused-ring (bicyclic) bond motifs is 2. The third-order valence-electron chi connectivity index (χ3n) is 9.63. The Balaban J connectivity index is 0.913. The quantitative estimate of drug-likeness (QED) is 0.190. The molecule has 0 bridgehead atoms. The van der Waals surface area contributed by atoms with E-state index >= 15 is 0 Å². The molecule has 0 aliphatic carbocycles. The van der Waals surface area contributed by atoms with Gasteiger partial charge in [0.25, 0.3) is 0 Å². The van der Waals surface area contributed by atoms with E-state index in [0.717, 1.165) is 97.2 Å². The maximum atomic E-state index is 13.3. The standard InChI is InChI=1S/C40H40Cl2N6O2/c41-31-13-15-35-33(25-31)39(29-9-3-1-4-10-29)43-27-37(49)47(35)19-7-17-45-21-23-46(24-22-45)18-8-20-48-36-16-14-32(42)26-34(36)40(44-28-38(48)50)30-11-5-2-6-12-30/h1-6,9-16,25-26H,7-8,17-24,27-28H2. The van der Waals surface area contributed by atoms with Crippen molar-refractivity contribution in [3.8, 4) is 0 Å². The number of carbonyl (C=O) groups is 2. The first-order valence-electron chi connectivity index (χ1n) is 17.3. The van der Waals surface area contributed by atoms with Crippen molar-refractivity contribution in [3.05, 3.63) is 129 Å². The van der Waals surface area contributed by atoms with Crippen LogP contribution in [-0.2, 0) is 9.59 Å². The Morgan fingerprint density at radius 2 is 0.920 bits per heavy atom. The Kier molecular flexibility index (Phi) is 10.7. The highest BCUT2D eigenvalue weighted by atomic mass is 35.5. The number of amides is 2. The van der Waals surface area contributed by atoms with Crippen LogP contribution in [0.2, 0.25) is 10.0 Å². The Bertz CT molecular complexity index is 1770. The van der Waals surface area contributed by atoms with E-state index in [9.17, 15) is 9.59 Å². The number of benzodiazepines with no additional fused rings is 2. The average Bonchev–Trinajstić information content (AvgIpc) is 3.36. The Morgan fingerprint density at radius 1 is 0.520 bits per heavy atom. The van der Waals surface area contributed by atoms with Crippen LogP contribution in [0.1, 0.15) is 35.1 Å². The van der Waals surface area contributed by atoms with E-state index in [1.807, 2.05) is 107 Å². The zero-order valence-corrected chi connectivity index (χ0v) is 29.5. The predicted octanol–water partition coefficient (Wildman–Crippen LogP) is 6.46. The molecule has 10 heteroatoms. The van der Waals surface area contributed by atoms with E-state index in [2.05, 4.69) is 9.80 Å². The average molecular weight is 708 g/mol. The van der Waals surface area contributed by atoms with E-state index in [1.165, 1.54) is 0 Å². The van der Waals surface area contributed by atoms with Gasteiger partial charge in [-0.25, -0.2) is 0 Å². The highest BCUT2D eigenvalue weighted by Gasteiger charge is 2.27. The SMILES string of the molecule is O=C1CN=C(c2ccccc2)c2cc(Cl)ccc2N1CCCN1CCN(CCCN2C(=O)CN=C(c3ccccc3)c3cc(Cl)ccc32)CC1. The minimum atomic E-state index is 0.000728. The molecular weight excluding hydrogens is 667 g/mol. The molecule has 3 aliphatic heterocycles. The van der Waals surface area contributed by atoms with Crippen molar-refractivity contribution in [2.24, 2.45) is 9.98 Å². The lowest BCUT2D eigenvalue weighted by atomic mass is 10.00. The fraction of sp³-hybridized carbons (Fsp3) is 0.300. The second kappa shape index (κ2) is 15.7. The van der Waals surface area contributed by atoms with Gasteiger partial charge in [-0.2, -0.15) is 0 Å². The lowest BCUT2D eigenvalue weighted by molar-refractivity contribution is -0.118. The molecule has 1 saturated heterocycles. The molecule has 7 rings (SSSR count). The highest BCUT2D eigenvalue weighted by molar-refractivity contribution is 6.32. The maximum absolute atomic E-state index is 13.3. The summed E-state index contributed by atoms with van der Waals surface area (Å²) in [5.74, 6) is 0.00146. The number of anilines is 2. The van der Waals surface area contributed by atoms with Crippen LogP contribution in [0.15, 0.2) is 107 Å². The topological polar surface area (TPSA) is 71.8 Å². The van der Waals surface area contributed by atoms with Crippen LogP contribution in [0.4, 0.5) is 11.4 Å². The van der Waals surface area contributed by atoms with Crippen molar-refractivity contribution < 1.29 is 9.59 Å². The van der Waals surface area contributed by atoms with E-state index in [-0.39, 0.29) is 24.9 Å². The first kappa shape index (κ1) is 34.1. The van der Waals surface area contributed by atoms with Crippen LogP contribution >= 0.6 is 23.2 Å². The van der Waals surface area contributed by atoms with Crippen molar-refractivity contribution in [3.63, 3.8) is 0 Å². The monoisotopic (exact) mass is 706 g/mol. The summed E-state index contributed by atoms with van der Waals surface area (Å²) in [6.45, 7) is 7.18. The Labute approximate surface area is 303 Å². The van der Waals surface area contributed by atoms with Crippen molar-refractivity contribution >= 4 is 57.8 Å². The van der Waals surface area contributed by atoms with E-state index in [1.54, 1.807) is 0 Å². The van der Waals surface area contributed by atoms with E-state index < -0.39 is 0 Å². The summed E-state index contributed by atoms with van der Waals surface area (Å²) < 4.78 is 0. The molecule has 50 heavy (non-hydrogen) atoms. The number of hydrogen-bond acceptors (Lipinski definition) is 6. The van der Waals surface area contributed by atoms with Gasteiger partial charge in [-0.05, 0) is 62.3 Å². The number of piperazine rings is 1. The second-order valence-electron chi connectivity index (χ2n) is 12.9. The molecule has 256 valence electrons. The second-order valence-corrected chi connectivity index (χ2v) is 13.7. The Hall–Kier alpha value is -4.34. The van der Waals surface area contributed by atoms with Gasteiger partial charge in [0.05, 0.1) is 22.8 Å². The number of carbonyl (C=O) groups excluding carboxylic acids is 2. The van der Waals surface area contributed by atoms with E-state index in [0.29, 0.717) is 23.1 Å². The van der Waals surface area contributed by atoms with Crippen LogP contribution < -0.4 is 9.80 Å². The predicted molar refractivity (Wildman–Crippen MR) is 204 cm³/mol. The number of nitrogens with zero attached hydrogens (tertiary/aromatic N) is 6. The lowest BCUT2D eigenvalue weighted by Gasteiger charge is -2.35. The third-order valence-corrected chi connectivity index (χ3v) is 10.1. The van der Waals surface area contributed by atoms with Gasteiger partial charge < -0.3 is 19.6 Å². The summed E-state index contributed by atoms with van der Waals surface area (Å²) in [4.78, 5) is 44.8. The zero-order valence-electron chi connectivity index (χ0n) is 28.0. The number of hydrogen-bond donors (Lipinski definition) is 0. The molecule has 0 unspecified atom stereocenters. The molecule has 2 amide bonds. The normalized spacial score (nSPS) is 17.1. The molecule has 4 aromatic rings. The van der Waals surface area contributed by atoms with Gasteiger partial charge in [0, 0.05) is 71.6 Å². The smallest absolute Gasteiger partial charge is 0.248 e. The minimum absolute atomic E-state index is 0.000728. The van der Waals surface area contributed by atoms with Crippen molar-refractivity contribution in [1.29, 1.82) is 0 Å². The lowest BCUT2D eigenvalue weighted by Crippen LogP contribution is -2.47. The van der Waals surface area contributed by atoms with Gasteiger partial charge in [-0.15, -0.1) is 0 Å². The number of aliphatic imine (C=N–C) groups is 2. The minimum Gasteiger partial charge on any atom is -0.310 e. The maximum Gasteiger partial charge on any atom is 0.248 e. The summed E-state index contributed by atoms with van der Waals surface area (Å²) in [6, 6.07) is 31.4. The van der Waals surface area contributed by atoms with Gasteiger partial charge in [0.1, 0.15) is 13.1 Å². The van der Waals surface area contributed by atoms with Gasteiger partial charge in [0.15, 0.2) is 0 Å². The number of halogens is 2. The van der Waals surface area contributed by atoms with Crippen LogP contribution in [0.25, 0.3) is 0 Å². The zero-order chi connectivity index (χ0) is 34.5.